The Hall–Kier alpha value is -1.13. The van der Waals surface area contributed by atoms with Gasteiger partial charge < -0.3 is 18.9 Å². The molecular formula is C11H13O5P. The van der Waals surface area contributed by atoms with Gasteiger partial charge in [-0.05, 0) is 0 Å². The quantitative estimate of drug-likeness (QED) is 0.841. The van der Waals surface area contributed by atoms with Gasteiger partial charge in [0.1, 0.15) is 11.6 Å². The molecule has 17 heavy (non-hydrogen) atoms. The van der Waals surface area contributed by atoms with Crippen LogP contribution in [-0.4, -0.2) is 19.3 Å². The lowest BCUT2D eigenvalue weighted by Crippen LogP contribution is -2.09. The highest BCUT2D eigenvalue weighted by molar-refractivity contribution is 7.65. The molecule has 0 aromatic heterocycles. The van der Waals surface area contributed by atoms with Crippen LogP contribution in [0.3, 0.4) is 0 Å². The van der Waals surface area contributed by atoms with E-state index in [9.17, 15) is 9.67 Å². The SMILES string of the molecule is COP(=O)(OC)C1=COC(O)c2ccccc21. The molecule has 2 rings (SSSR count). The second-order valence-electron chi connectivity index (χ2n) is 3.44. The van der Waals surface area contributed by atoms with Crippen LogP contribution in [0.5, 0.6) is 0 Å². The van der Waals surface area contributed by atoms with Crippen LogP contribution in [0.15, 0.2) is 30.5 Å². The van der Waals surface area contributed by atoms with E-state index in [1.165, 1.54) is 20.5 Å². The standard InChI is InChI=1S/C11H13O5P/c1-14-17(13,15-2)10-7-16-11(12)9-6-4-3-5-8(9)10/h3-7,11-12H,1-2H3. The summed E-state index contributed by atoms with van der Waals surface area (Å²) in [6, 6.07) is 6.97. The Kier molecular flexibility index (Phi) is 3.35. The Labute approximate surface area is 99.2 Å². The molecule has 0 bridgehead atoms. The van der Waals surface area contributed by atoms with E-state index in [1.807, 2.05) is 0 Å². The highest BCUT2D eigenvalue weighted by Gasteiger charge is 2.34. The van der Waals surface area contributed by atoms with Gasteiger partial charge in [-0.15, -0.1) is 0 Å². The summed E-state index contributed by atoms with van der Waals surface area (Å²) in [4.78, 5) is 0. The first-order valence-electron chi connectivity index (χ1n) is 4.97. The van der Waals surface area contributed by atoms with Gasteiger partial charge in [0.25, 0.3) is 0 Å². The first kappa shape index (κ1) is 12.3. The number of hydrogen-bond acceptors (Lipinski definition) is 5. The van der Waals surface area contributed by atoms with Crippen LogP contribution >= 0.6 is 7.60 Å². The zero-order valence-corrected chi connectivity index (χ0v) is 10.4. The molecule has 0 saturated carbocycles. The van der Waals surface area contributed by atoms with Crippen molar-refractivity contribution >= 4 is 12.9 Å². The number of fused-ring (bicyclic) bond motifs is 1. The minimum Gasteiger partial charge on any atom is -0.467 e. The van der Waals surface area contributed by atoms with Gasteiger partial charge in [-0.1, -0.05) is 24.3 Å². The molecule has 0 aliphatic carbocycles. The van der Waals surface area contributed by atoms with Crippen LogP contribution in [0.1, 0.15) is 17.4 Å². The molecule has 0 fully saturated rings. The van der Waals surface area contributed by atoms with Crippen molar-refractivity contribution in [1.82, 2.24) is 0 Å². The number of benzene rings is 1. The zero-order valence-electron chi connectivity index (χ0n) is 9.49. The van der Waals surface area contributed by atoms with Crippen LogP contribution in [0.25, 0.3) is 5.31 Å². The summed E-state index contributed by atoms with van der Waals surface area (Å²) in [7, 11) is -0.782. The van der Waals surface area contributed by atoms with Gasteiger partial charge in [-0.25, -0.2) is 0 Å². The lowest BCUT2D eigenvalue weighted by molar-refractivity contribution is -0.0559. The molecule has 1 N–H and O–H groups in total. The van der Waals surface area contributed by atoms with Crippen molar-refractivity contribution < 1.29 is 23.5 Å². The summed E-state index contributed by atoms with van der Waals surface area (Å²) < 4.78 is 27.2. The predicted octanol–water partition coefficient (Wildman–Crippen LogP) is 2.49. The molecule has 0 spiro atoms. The Bertz CT molecular complexity index is 488. The molecule has 1 aliphatic rings. The van der Waals surface area contributed by atoms with Gasteiger partial charge in [-0.3, -0.25) is 4.57 Å². The molecule has 92 valence electrons. The molecule has 1 aromatic carbocycles. The Balaban J connectivity index is 2.55. The highest BCUT2D eigenvalue weighted by atomic mass is 31.2. The molecule has 5 nitrogen and oxygen atoms in total. The fourth-order valence-corrected chi connectivity index (χ4v) is 2.93. The maximum Gasteiger partial charge on any atom is 0.364 e. The molecule has 1 unspecified atom stereocenters. The minimum atomic E-state index is -3.39. The van der Waals surface area contributed by atoms with Crippen LogP contribution in [-0.2, 0) is 18.3 Å². The molecular weight excluding hydrogens is 243 g/mol. The third-order valence-electron chi connectivity index (χ3n) is 2.59. The lowest BCUT2D eigenvalue weighted by Gasteiger charge is -2.25. The van der Waals surface area contributed by atoms with Crippen LogP contribution in [0.4, 0.5) is 0 Å². The van der Waals surface area contributed by atoms with Crippen LogP contribution in [0, 0.1) is 0 Å². The smallest absolute Gasteiger partial charge is 0.364 e. The van der Waals surface area contributed by atoms with Gasteiger partial charge in [0.15, 0.2) is 0 Å². The van der Waals surface area contributed by atoms with Crippen LogP contribution in [0.2, 0.25) is 0 Å². The fraction of sp³-hybridized carbons (Fsp3) is 0.273. The number of ether oxygens (including phenoxy) is 1. The van der Waals surface area contributed by atoms with Crippen molar-refractivity contribution in [3.05, 3.63) is 41.7 Å². The summed E-state index contributed by atoms with van der Waals surface area (Å²) in [5.74, 6) is 0. The summed E-state index contributed by atoms with van der Waals surface area (Å²) >= 11 is 0. The maximum atomic E-state index is 12.3. The van der Waals surface area contributed by atoms with Crippen molar-refractivity contribution in [2.45, 2.75) is 6.29 Å². The fourth-order valence-electron chi connectivity index (χ4n) is 1.69. The zero-order chi connectivity index (χ0) is 12.5. The van der Waals surface area contributed by atoms with E-state index >= 15 is 0 Å². The molecule has 1 atom stereocenters. The van der Waals surface area contributed by atoms with Crippen molar-refractivity contribution in [1.29, 1.82) is 0 Å². The maximum absolute atomic E-state index is 12.3. The molecule has 1 heterocycles. The van der Waals surface area contributed by atoms with Crippen molar-refractivity contribution in [2.24, 2.45) is 0 Å². The molecule has 0 amide bonds. The Morgan fingerprint density at radius 1 is 1.29 bits per heavy atom. The predicted molar refractivity (Wildman–Crippen MR) is 62.1 cm³/mol. The lowest BCUT2D eigenvalue weighted by atomic mass is 10.1. The molecule has 0 saturated heterocycles. The number of aliphatic hydroxyl groups excluding tert-OH is 1. The summed E-state index contributed by atoms with van der Waals surface area (Å²) in [6.07, 6.45) is 0.165. The summed E-state index contributed by atoms with van der Waals surface area (Å²) in [5.41, 5.74) is 1.15. The normalized spacial score (nSPS) is 19.2. The van der Waals surface area contributed by atoms with Crippen molar-refractivity contribution in [3.8, 4) is 0 Å². The van der Waals surface area contributed by atoms with Crippen LogP contribution < -0.4 is 0 Å². The van der Waals surface area contributed by atoms with E-state index < -0.39 is 13.9 Å². The van der Waals surface area contributed by atoms with Gasteiger partial charge in [-0.2, -0.15) is 0 Å². The topological polar surface area (TPSA) is 65.0 Å². The number of hydrogen-bond donors (Lipinski definition) is 1. The number of rotatable bonds is 3. The Morgan fingerprint density at radius 2 is 1.94 bits per heavy atom. The third kappa shape index (κ3) is 2.03. The molecule has 0 radical (unpaired) electrons. The van der Waals surface area contributed by atoms with E-state index in [0.29, 0.717) is 16.4 Å². The third-order valence-corrected chi connectivity index (χ3v) is 4.48. The van der Waals surface area contributed by atoms with Gasteiger partial charge in [0.05, 0.1) is 0 Å². The van der Waals surface area contributed by atoms with Crippen molar-refractivity contribution in [3.63, 3.8) is 0 Å². The van der Waals surface area contributed by atoms with Gasteiger partial charge >= 0.3 is 7.60 Å². The average molecular weight is 256 g/mol. The summed E-state index contributed by atoms with van der Waals surface area (Å²) in [6.45, 7) is 0. The second-order valence-corrected chi connectivity index (χ2v) is 5.65. The van der Waals surface area contributed by atoms with Gasteiger partial charge in [0.2, 0.25) is 6.29 Å². The first-order valence-corrected chi connectivity index (χ1v) is 6.51. The summed E-state index contributed by atoms with van der Waals surface area (Å²) in [5, 5.41) is 9.96. The number of aliphatic hydroxyl groups is 1. The molecule has 1 aliphatic heterocycles. The molecule has 1 aromatic rings. The highest BCUT2D eigenvalue weighted by Crippen LogP contribution is 2.61. The average Bonchev–Trinajstić information content (AvgIpc) is 2.39. The largest absolute Gasteiger partial charge is 0.467 e. The first-order chi connectivity index (χ1) is 8.12. The van der Waals surface area contributed by atoms with E-state index in [-0.39, 0.29) is 0 Å². The van der Waals surface area contributed by atoms with E-state index in [2.05, 4.69) is 0 Å². The van der Waals surface area contributed by atoms with E-state index in [4.69, 9.17) is 13.8 Å². The minimum absolute atomic E-state index is 0.309. The second kappa shape index (κ2) is 4.63. The van der Waals surface area contributed by atoms with E-state index in [0.717, 1.165) is 0 Å². The van der Waals surface area contributed by atoms with E-state index in [1.54, 1.807) is 24.3 Å². The Morgan fingerprint density at radius 3 is 2.59 bits per heavy atom. The monoisotopic (exact) mass is 256 g/mol. The molecule has 6 heteroatoms. The van der Waals surface area contributed by atoms with Crippen molar-refractivity contribution in [2.75, 3.05) is 14.2 Å². The van der Waals surface area contributed by atoms with Gasteiger partial charge in [0, 0.05) is 25.3 Å².